The fourth-order valence-electron chi connectivity index (χ4n) is 1.75. The van der Waals surface area contributed by atoms with E-state index < -0.39 is 22.9 Å². The van der Waals surface area contributed by atoms with Gasteiger partial charge in [-0.05, 0) is 26.0 Å². The highest BCUT2D eigenvalue weighted by atomic mass is 19.1. The zero-order valence-electron chi connectivity index (χ0n) is 12.8. The lowest BCUT2D eigenvalue weighted by atomic mass is 10.2. The van der Waals surface area contributed by atoms with Gasteiger partial charge in [0.25, 0.3) is 5.56 Å². The second kappa shape index (κ2) is 6.44. The third kappa shape index (κ3) is 3.29. The fourth-order valence-corrected chi connectivity index (χ4v) is 1.75. The molecule has 0 spiro atoms. The molecule has 0 saturated heterocycles. The summed E-state index contributed by atoms with van der Waals surface area (Å²) >= 11 is 0. The number of rotatable bonds is 4. The summed E-state index contributed by atoms with van der Waals surface area (Å²) < 4.78 is 33.0. The van der Waals surface area contributed by atoms with Gasteiger partial charge in [-0.2, -0.15) is 10.2 Å². The highest BCUT2D eigenvalue weighted by molar-refractivity contribution is 5.41. The number of anilines is 1. The third-order valence-electron chi connectivity index (χ3n) is 3.26. The molecule has 0 saturated carbocycles. The maximum absolute atomic E-state index is 13.9. The molecule has 0 fully saturated rings. The van der Waals surface area contributed by atoms with Crippen LogP contribution in [0.1, 0.15) is 18.1 Å². The van der Waals surface area contributed by atoms with Crippen LogP contribution in [0.4, 0.5) is 14.7 Å². The maximum Gasteiger partial charge on any atom is 0.259 e. The van der Waals surface area contributed by atoms with Crippen molar-refractivity contribution >= 4 is 5.95 Å². The number of aromatic nitrogens is 2. The molecule has 1 heterocycles. The largest absolute Gasteiger partial charge is 0.432 e. The zero-order chi connectivity index (χ0) is 17.1. The number of nitrogens with one attached hydrogen (secondary N) is 1. The van der Waals surface area contributed by atoms with Crippen LogP contribution >= 0.6 is 0 Å². The Bertz CT molecular complexity index is 819. The highest BCUT2D eigenvalue weighted by Crippen LogP contribution is 2.29. The molecule has 8 heteroatoms. The first-order chi connectivity index (χ1) is 10.9. The molecular weight excluding hydrogens is 306 g/mol. The number of halogens is 2. The monoisotopic (exact) mass is 320 g/mol. The van der Waals surface area contributed by atoms with Crippen LogP contribution in [0.15, 0.2) is 16.9 Å². The molecule has 0 atom stereocenters. The van der Waals surface area contributed by atoms with E-state index in [2.05, 4.69) is 9.97 Å². The second-order valence-corrected chi connectivity index (χ2v) is 4.82. The standard InChI is InChI=1S/C15H14F2N4O2/c1-4-21(3)15-19-13(22)8(2)14(20-15)23-12-10(16)5-9(7-18)6-11(12)17/h5-6H,4H2,1-3H3,(H,19,20,22). The van der Waals surface area contributed by atoms with Crippen LogP contribution in [0.5, 0.6) is 11.6 Å². The summed E-state index contributed by atoms with van der Waals surface area (Å²) in [5.41, 5.74) is -0.560. The number of benzene rings is 1. The van der Waals surface area contributed by atoms with Gasteiger partial charge in [-0.15, -0.1) is 0 Å². The van der Waals surface area contributed by atoms with Crippen LogP contribution in [0, 0.1) is 29.9 Å². The number of hydrogen-bond acceptors (Lipinski definition) is 5. The Labute approximate surface area is 131 Å². The molecule has 1 aromatic carbocycles. The molecule has 0 bridgehead atoms. The van der Waals surface area contributed by atoms with Crippen molar-refractivity contribution in [3.63, 3.8) is 0 Å². The predicted molar refractivity (Wildman–Crippen MR) is 79.7 cm³/mol. The van der Waals surface area contributed by atoms with Gasteiger partial charge < -0.3 is 9.64 Å². The normalized spacial score (nSPS) is 10.3. The van der Waals surface area contributed by atoms with E-state index >= 15 is 0 Å². The van der Waals surface area contributed by atoms with E-state index in [0.29, 0.717) is 6.54 Å². The van der Waals surface area contributed by atoms with Gasteiger partial charge >= 0.3 is 0 Å². The van der Waals surface area contributed by atoms with Crippen LogP contribution in [-0.2, 0) is 0 Å². The zero-order valence-corrected chi connectivity index (χ0v) is 12.8. The van der Waals surface area contributed by atoms with Crippen molar-refractivity contribution in [1.82, 2.24) is 9.97 Å². The minimum absolute atomic E-state index is 0.0846. The molecule has 1 N–H and O–H groups in total. The summed E-state index contributed by atoms with van der Waals surface area (Å²) in [6.45, 7) is 3.84. The number of aromatic amines is 1. The van der Waals surface area contributed by atoms with Crippen molar-refractivity contribution in [2.75, 3.05) is 18.5 Å². The molecule has 23 heavy (non-hydrogen) atoms. The van der Waals surface area contributed by atoms with Gasteiger partial charge in [0.05, 0.1) is 17.2 Å². The van der Waals surface area contributed by atoms with Gasteiger partial charge in [0.15, 0.2) is 11.6 Å². The fraction of sp³-hybridized carbons (Fsp3) is 0.267. The van der Waals surface area contributed by atoms with Gasteiger partial charge in [-0.1, -0.05) is 0 Å². The molecule has 0 aliphatic heterocycles. The summed E-state index contributed by atoms with van der Waals surface area (Å²) in [4.78, 5) is 20.2. The minimum atomic E-state index is -1.05. The Kier molecular flexibility index (Phi) is 4.60. The minimum Gasteiger partial charge on any atom is -0.432 e. The molecule has 2 aromatic rings. The maximum atomic E-state index is 13.9. The number of nitrogens with zero attached hydrogens (tertiary/aromatic N) is 3. The van der Waals surface area contributed by atoms with Gasteiger partial charge in [-0.3, -0.25) is 9.78 Å². The van der Waals surface area contributed by atoms with E-state index in [-0.39, 0.29) is 23.0 Å². The lowest BCUT2D eigenvalue weighted by Gasteiger charge is -2.17. The Balaban J connectivity index is 2.51. The van der Waals surface area contributed by atoms with Crippen LogP contribution < -0.4 is 15.2 Å². The lowest BCUT2D eigenvalue weighted by molar-refractivity contribution is 0.391. The molecule has 0 amide bonds. The average molecular weight is 320 g/mol. The first kappa shape index (κ1) is 16.4. The third-order valence-corrected chi connectivity index (χ3v) is 3.26. The van der Waals surface area contributed by atoms with Gasteiger partial charge in [0, 0.05) is 13.6 Å². The molecule has 0 aliphatic carbocycles. The summed E-state index contributed by atoms with van der Waals surface area (Å²) in [6.07, 6.45) is 0. The predicted octanol–water partition coefficient (Wildman–Crippen LogP) is 2.48. The highest BCUT2D eigenvalue weighted by Gasteiger charge is 2.18. The number of ether oxygens (including phenoxy) is 1. The summed E-state index contributed by atoms with van der Waals surface area (Å²) in [5.74, 6) is -2.80. The van der Waals surface area contributed by atoms with Crippen LogP contribution in [-0.4, -0.2) is 23.6 Å². The molecule has 120 valence electrons. The van der Waals surface area contributed by atoms with Crippen molar-refractivity contribution in [3.05, 3.63) is 45.2 Å². The summed E-state index contributed by atoms with van der Waals surface area (Å²) in [5, 5.41) is 8.68. The van der Waals surface area contributed by atoms with Crippen LogP contribution in [0.2, 0.25) is 0 Å². The molecule has 0 aliphatic rings. The van der Waals surface area contributed by atoms with E-state index in [1.807, 2.05) is 6.92 Å². The van der Waals surface area contributed by atoms with Gasteiger partial charge in [-0.25, -0.2) is 8.78 Å². The SMILES string of the molecule is CCN(C)c1nc(Oc2c(F)cc(C#N)cc2F)c(C)c(=O)[nH]1. The van der Waals surface area contributed by atoms with Crippen molar-refractivity contribution in [3.8, 4) is 17.7 Å². The Morgan fingerprint density at radius 2 is 2.00 bits per heavy atom. The van der Waals surface area contributed by atoms with Crippen molar-refractivity contribution < 1.29 is 13.5 Å². The summed E-state index contributed by atoms with van der Waals surface area (Å²) in [6, 6.07) is 3.33. The first-order valence-corrected chi connectivity index (χ1v) is 6.76. The molecular formula is C15H14F2N4O2. The van der Waals surface area contributed by atoms with Crippen molar-refractivity contribution in [2.24, 2.45) is 0 Å². The van der Waals surface area contributed by atoms with Gasteiger partial charge in [0.2, 0.25) is 17.6 Å². The molecule has 2 rings (SSSR count). The summed E-state index contributed by atoms with van der Waals surface area (Å²) in [7, 11) is 1.69. The Hall–Kier alpha value is -2.95. The van der Waals surface area contributed by atoms with E-state index in [9.17, 15) is 13.6 Å². The van der Waals surface area contributed by atoms with Gasteiger partial charge in [0.1, 0.15) is 0 Å². The smallest absolute Gasteiger partial charge is 0.259 e. The van der Waals surface area contributed by atoms with Crippen LogP contribution in [0.25, 0.3) is 0 Å². The number of nitriles is 1. The van der Waals surface area contributed by atoms with Crippen molar-refractivity contribution in [1.29, 1.82) is 5.26 Å². The second-order valence-electron chi connectivity index (χ2n) is 4.82. The van der Waals surface area contributed by atoms with Crippen molar-refractivity contribution in [2.45, 2.75) is 13.8 Å². The molecule has 6 nitrogen and oxygen atoms in total. The topological polar surface area (TPSA) is 82.0 Å². The average Bonchev–Trinajstić information content (AvgIpc) is 2.53. The molecule has 0 unspecified atom stereocenters. The van der Waals surface area contributed by atoms with E-state index in [1.54, 1.807) is 18.0 Å². The van der Waals surface area contributed by atoms with E-state index in [4.69, 9.17) is 10.00 Å². The Morgan fingerprint density at radius 3 is 2.52 bits per heavy atom. The van der Waals surface area contributed by atoms with Crippen LogP contribution in [0.3, 0.4) is 0 Å². The quantitative estimate of drug-likeness (QED) is 0.936. The number of H-pyrrole nitrogens is 1. The van der Waals surface area contributed by atoms with E-state index in [1.165, 1.54) is 6.92 Å². The first-order valence-electron chi connectivity index (χ1n) is 6.76. The van der Waals surface area contributed by atoms with E-state index in [0.717, 1.165) is 12.1 Å². The molecule has 0 radical (unpaired) electrons. The number of hydrogen-bond donors (Lipinski definition) is 1. The Morgan fingerprint density at radius 1 is 1.39 bits per heavy atom. The molecule has 1 aromatic heterocycles. The lowest BCUT2D eigenvalue weighted by Crippen LogP contribution is -2.24.